The summed E-state index contributed by atoms with van der Waals surface area (Å²) in [5.74, 6) is 0.541. The van der Waals surface area contributed by atoms with E-state index in [4.69, 9.17) is 5.73 Å². The van der Waals surface area contributed by atoms with E-state index < -0.39 is 0 Å². The molecule has 0 amide bonds. The smallest absolute Gasteiger partial charge is 0.109 e. The van der Waals surface area contributed by atoms with E-state index in [1.165, 1.54) is 5.01 Å². The number of rotatable bonds is 7. The van der Waals surface area contributed by atoms with Crippen LogP contribution in [-0.2, 0) is 0 Å². The zero-order valence-electron chi connectivity index (χ0n) is 12.1. The topological polar surface area (TPSA) is 50.9 Å². The highest BCUT2D eigenvalue weighted by Crippen LogP contribution is 2.25. The summed E-state index contributed by atoms with van der Waals surface area (Å²) in [6.45, 7) is 10.7. The van der Waals surface area contributed by atoms with Crippen molar-refractivity contribution in [3.05, 3.63) is 16.6 Å². The number of nitrogens with one attached hydrogen (secondary N) is 1. The van der Waals surface area contributed by atoms with Crippen LogP contribution in [0.15, 0.2) is 11.6 Å². The molecule has 0 aliphatic heterocycles. The van der Waals surface area contributed by atoms with Crippen LogP contribution in [-0.4, -0.2) is 18.1 Å². The van der Waals surface area contributed by atoms with Gasteiger partial charge in [0.25, 0.3) is 0 Å². The minimum absolute atomic E-state index is 0.342. The minimum atomic E-state index is 0.342. The maximum Gasteiger partial charge on any atom is 0.109 e. The van der Waals surface area contributed by atoms with Crippen molar-refractivity contribution in [2.45, 2.75) is 46.6 Å². The van der Waals surface area contributed by atoms with E-state index >= 15 is 0 Å². The second-order valence-corrected chi connectivity index (χ2v) is 7.03. The Morgan fingerprint density at radius 3 is 2.61 bits per heavy atom. The van der Waals surface area contributed by atoms with Crippen molar-refractivity contribution in [1.29, 1.82) is 0 Å². The number of aromatic nitrogens is 1. The molecule has 18 heavy (non-hydrogen) atoms. The Bertz CT molecular complexity index is 316. The first-order valence-electron chi connectivity index (χ1n) is 6.79. The molecular formula is C14H27N3S. The van der Waals surface area contributed by atoms with Gasteiger partial charge in [0, 0.05) is 11.6 Å². The highest BCUT2D eigenvalue weighted by atomic mass is 32.1. The second kappa shape index (κ2) is 7.22. The SMILES string of the molecule is CCC(NCC(CN)CC(C)(C)C)c1nccs1. The highest BCUT2D eigenvalue weighted by molar-refractivity contribution is 7.09. The molecule has 0 aromatic carbocycles. The van der Waals surface area contributed by atoms with Crippen molar-refractivity contribution in [2.75, 3.05) is 13.1 Å². The molecule has 4 heteroatoms. The lowest BCUT2D eigenvalue weighted by Crippen LogP contribution is -2.33. The number of hydrogen-bond acceptors (Lipinski definition) is 4. The molecule has 0 saturated heterocycles. The van der Waals surface area contributed by atoms with Crippen LogP contribution in [0.3, 0.4) is 0 Å². The second-order valence-electron chi connectivity index (χ2n) is 6.11. The normalized spacial score (nSPS) is 15.6. The first-order valence-corrected chi connectivity index (χ1v) is 7.67. The van der Waals surface area contributed by atoms with Crippen LogP contribution in [0.4, 0.5) is 0 Å². The van der Waals surface area contributed by atoms with Crippen molar-refractivity contribution >= 4 is 11.3 Å². The molecule has 104 valence electrons. The Balaban J connectivity index is 2.46. The van der Waals surface area contributed by atoms with E-state index in [-0.39, 0.29) is 0 Å². The molecule has 1 aromatic heterocycles. The average Bonchev–Trinajstić information content (AvgIpc) is 2.80. The Kier molecular flexibility index (Phi) is 6.26. The van der Waals surface area contributed by atoms with Gasteiger partial charge in [-0.3, -0.25) is 0 Å². The predicted molar refractivity (Wildman–Crippen MR) is 79.8 cm³/mol. The Labute approximate surface area is 115 Å². The molecule has 2 unspecified atom stereocenters. The molecule has 0 saturated carbocycles. The van der Waals surface area contributed by atoms with E-state index in [1.54, 1.807) is 11.3 Å². The molecule has 0 aliphatic rings. The van der Waals surface area contributed by atoms with E-state index in [1.807, 2.05) is 11.6 Å². The summed E-state index contributed by atoms with van der Waals surface area (Å²) >= 11 is 1.72. The standard InChI is InChI=1S/C14H27N3S/c1-5-12(13-16-6-7-18-13)17-10-11(9-15)8-14(2,3)4/h6-7,11-12,17H,5,8-10,15H2,1-4H3. The van der Waals surface area contributed by atoms with Gasteiger partial charge in [-0.1, -0.05) is 27.7 Å². The van der Waals surface area contributed by atoms with Gasteiger partial charge in [0.05, 0.1) is 6.04 Å². The molecule has 0 radical (unpaired) electrons. The molecule has 0 spiro atoms. The molecule has 0 fully saturated rings. The largest absolute Gasteiger partial charge is 0.330 e. The summed E-state index contributed by atoms with van der Waals surface area (Å²) in [5.41, 5.74) is 6.22. The zero-order valence-corrected chi connectivity index (χ0v) is 12.9. The van der Waals surface area contributed by atoms with Gasteiger partial charge in [-0.25, -0.2) is 4.98 Å². The third kappa shape index (κ3) is 5.46. The van der Waals surface area contributed by atoms with Crippen molar-refractivity contribution < 1.29 is 0 Å². The number of thiazole rings is 1. The van der Waals surface area contributed by atoms with Crippen molar-refractivity contribution in [3.8, 4) is 0 Å². The third-order valence-electron chi connectivity index (χ3n) is 3.05. The fourth-order valence-electron chi connectivity index (χ4n) is 2.23. The number of nitrogens with zero attached hydrogens (tertiary/aromatic N) is 1. The molecule has 0 aliphatic carbocycles. The van der Waals surface area contributed by atoms with Gasteiger partial charge in [0.2, 0.25) is 0 Å². The summed E-state index contributed by atoms with van der Waals surface area (Å²) in [6.07, 6.45) is 4.10. The van der Waals surface area contributed by atoms with E-state index in [9.17, 15) is 0 Å². The van der Waals surface area contributed by atoms with Crippen LogP contribution in [0, 0.1) is 11.3 Å². The summed E-state index contributed by atoms with van der Waals surface area (Å²) in [7, 11) is 0. The van der Waals surface area contributed by atoms with Gasteiger partial charge in [0.1, 0.15) is 5.01 Å². The van der Waals surface area contributed by atoms with Gasteiger partial charge >= 0.3 is 0 Å². The van der Waals surface area contributed by atoms with E-state index in [0.717, 1.165) is 25.9 Å². The zero-order chi connectivity index (χ0) is 13.6. The third-order valence-corrected chi connectivity index (χ3v) is 3.93. The first-order chi connectivity index (χ1) is 8.46. The van der Waals surface area contributed by atoms with Crippen LogP contribution in [0.25, 0.3) is 0 Å². The summed E-state index contributed by atoms with van der Waals surface area (Å²) in [6, 6.07) is 0.374. The lowest BCUT2D eigenvalue weighted by atomic mass is 9.84. The van der Waals surface area contributed by atoms with Crippen LogP contribution >= 0.6 is 11.3 Å². The molecule has 1 heterocycles. The highest BCUT2D eigenvalue weighted by Gasteiger charge is 2.19. The molecule has 3 N–H and O–H groups in total. The minimum Gasteiger partial charge on any atom is -0.330 e. The quantitative estimate of drug-likeness (QED) is 0.799. The van der Waals surface area contributed by atoms with Gasteiger partial charge in [-0.2, -0.15) is 0 Å². The van der Waals surface area contributed by atoms with Gasteiger partial charge in [-0.15, -0.1) is 11.3 Å². The molecule has 2 atom stereocenters. The summed E-state index contributed by atoms with van der Waals surface area (Å²) < 4.78 is 0. The summed E-state index contributed by atoms with van der Waals surface area (Å²) in [5, 5.41) is 6.83. The van der Waals surface area contributed by atoms with Gasteiger partial charge in [0.15, 0.2) is 0 Å². The van der Waals surface area contributed by atoms with Crippen molar-refractivity contribution in [3.63, 3.8) is 0 Å². The number of hydrogen-bond donors (Lipinski definition) is 2. The monoisotopic (exact) mass is 269 g/mol. The molecular weight excluding hydrogens is 242 g/mol. The van der Waals surface area contributed by atoms with Crippen LogP contribution in [0.2, 0.25) is 0 Å². The predicted octanol–water partition coefficient (Wildman–Crippen LogP) is 3.19. The van der Waals surface area contributed by atoms with Crippen molar-refractivity contribution in [2.24, 2.45) is 17.1 Å². The first kappa shape index (κ1) is 15.6. The van der Waals surface area contributed by atoms with E-state index in [2.05, 4.69) is 38.0 Å². The maximum atomic E-state index is 5.87. The fourth-order valence-corrected chi connectivity index (χ4v) is 3.02. The maximum absolute atomic E-state index is 5.87. The molecule has 0 bridgehead atoms. The van der Waals surface area contributed by atoms with E-state index in [0.29, 0.717) is 17.4 Å². The molecule has 3 nitrogen and oxygen atoms in total. The van der Waals surface area contributed by atoms with Gasteiger partial charge in [-0.05, 0) is 37.3 Å². The molecule has 1 rings (SSSR count). The van der Waals surface area contributed by atoms with Crippen LogP contribution in [0.5, 0.6) is 0 Å². The average molecular weight is 269 g/mol. The molecule has 1 aromatic rings. The Morgan fingerprint density at radius 1 is 1.44 bits per heavy atom. The lowest BCUT2D eigenvalue weighted by molar-refractivity contribution is 0.282. The van der Waals surface area contributed by atoms with Crippen LogP contribution < -0.4 is 11.1 Å². The lowest BCUT2D eigenvalue weighted by Gasteiger charge is -2.26. The Morgan fingerprint density at radius 2 is 2.17 bits per heavy atom. The number of nitrogens with two attached hydrogens (primary N) is 1. The van der Waals surface area contributed by atoms with Gasteiger partial charge < -0.3 is 11.1 Å². The fraction of sp³-hybridized carbons (Fsp3) is 0.786. The van der Waals surface area contributed by atoms with Crippen LogP contribution in [0.1, 0.15) is 51.6 Å². The van der Waals surface area contributed by atoms with Crippen molar-refractivity contribution in [1.82, 2.24) is 10.3 Å². The summed E-state index contributed by atoms with van der Waals surface area (Å²) in [4.78, 5) is 4.39. The Hall–Kier alpha value is -0.450.